The Hall–Kier alpha value is -2.36. The maximum Gasteiger partial charge on any atom is 0.335 e. The van der Waals surface area contributed by atoms with Gasteiger partial charge in [0, 0.05) is 23.5 Å². The van der Waals surface area contributed by atoms with Gasteiger partial charge in [0.25, 0.3) is 0 Å². The largest absolute Gasteiger partial charge is 0.456 e. The number of ether oxygens (including phenoxy) is 1. The molecule has 0 radical (unpaired) electrons. The highest BCUT2D eigenvalue weighted by Gasteiger charge is 2.50. The van der Waals surface area contributed by atoms with Crippen molar-refractivity contribution in [2.75, 3.05) is 19.6 Å². The van der Waals surface area contributed by atoms with Gasteiger partial charge in [-0.25, -0.2) is 9.59 Å². The summed E-state index contributed by atoms with van der Waals surface area (Å²) in [6, 6.07) is 5.75. The monoisotopic (exact) mass is 525 g/mol. The van der Waals surface area contributed by atoms with Crippen LogP contribution < -0.4 is 10.6 Å². The number of esters is 1. The van der Waals surface area contributed by atoms with Crippen LogP contribution in [0, 0.1) is 11.3 Å². The lowest BCUT2D eigenvalue weighted by molar-refractivity contribution is -0.165. The number of amides is 3. The molecule has 1 heterocycles. The fraction of sp³-hybridized carbons (Fsp3) is 0.654. The molecule has 1 aromatic carbocycles. The number of carbonyl (C=O) groups excluding carboxylic acids is 3. The summed E-state index contributed by atoms with van der Waals surface area (Å²) in [5.74, 6) is -1.21. The minimum absolute atomic E-state index is 0.0127. The Morgan fingerprint density at radius 2 is 1.75 bits per heavy atom. The highest BCUT2D eigenvalue weighted by atomic mass is 35.5. The van der Waals surface area contributed by atoms with Crippen LogP contribution in [-0.4, -0.2) is 70.4 Å². The third-order valence-electron chi connectivity index (χ3n) is 6.69. The first-order chi connectivity index (χ1) is 16.5. The second-order valence-electron chi connectivity index (χ2n) is 11.2. The van der Waals surface area contributed by atoms with Crippen LogP contribution in [0.25, 0.3) is 0 Å². The van der Waals surface area contributed by atoms with E-state index < -0.39 is 40.8 Å². The minimum Gasteiger partial charge on any atom is -0.456 e. The van der Waals surface area contributed by atoms with Gasteiger partial charge in [-0.1, -0.05) is 51.4 Å². The second kappa shape index (κ2) is 11.4. The maximum atomic E-state index is 13.5. The standard InChI is InChI=1S/C26H40ClN3O6/c1-16(2)20(29-23(34)28-14-25(6,7)36-22(33)17(3)31)21(32)30-13-12-26(35,24(4,5)15-30)18-8-10-19(27)11-9-18/h8-11,16-17,20,31,35H,12-15H2,1-7H3,(H2,28,29,34). The number of piperidine rings is 1. The van der Waals surface area contributed by atoms with Gasteiger partial charge in [-0.2, -0.15) is 0 Å². The van der Waals surface area contributed by atoms with Crippen molar-refractivity contribution in [1.82, 2.24) is 15.5 Å². The van der Waals surface area contributed by atoms with Crippen molar-refractivity contribution in [1.29, 1.82) is 0 Å². The first kappa shape index (κ1) is 29.9. The normalized spacial score (nSPS) is 21.5. The van der Waals surface area contributed by atoms with E-state index in [2.05, 4.69) is 10.6 Å². The molecule has 3 unspecified atom stereocenters. The molecule has 9 nitrogen and oxygen atoms in total. The van der Waals surface area contributed by atoms with E-state index in [-0.39, 0.29) is 18.4 Å². The highest BCUT2D eigenvalue weighted by Crippen LogP contribution is 2.46. The van der Waals surface area contributed by atoms with Crippen LogP contribution in [0.2, 0.25) is 5.02 Å². The van der Waals surface area contributed by atoms with E-state index in [4.69, 9.17) is 16.3 Å². The Bertz CT molecular complexity index is 948. The molecule has 1 aliphatic heterocycles. The van der Waals surface area contributed by atoms with E-state index in [1.807, 2.05) is 39.8 Å². The number of carbonyl (C=O) groups is 3. The molecule has 3 amide bonds. The molecule has 0 aromatic heterocycles. The molecule has 3 atom stereocenters. The number of hydrogen-bond donors (Lipinski definition) is 4. The Labute approximate surface area is 218 Å². The smallest absolute Gasteiger partial charge is 0.335 e. The molecule has 1 aromatic rings. The van der Waals surface area contributed by atoms with Crippen molar-refractivity contribution in [3.8, 4) is 0 Å². The van der Waals surface area contributed by atoms with Crippen LogP contribution in [0.1, 0.15) is 60.5 Å². The summed E-state index contributed by atoms with van der Waals surface area (Å²) in [5, 5.41) is 26.9. The van der Waals surface area contributed by atoms with E-state index in [9.17, 15) is 24.6 Å². The van der Waals surface area contributed by atoms with E-state index in [1.165, 1.54) is 6.92 Å². The van der Waals surface area contributed by atoms with Gasteiger partial charge in [-0.3, -0.25) is 4.79 Å². The average molecular weight is 526 g/mol. The van der Waals surface area contributed by atoms with E-state index in [0.29, 0.717) is 24.5 Å². The number of halogens is 1. The molecule has 0 aliphatic carbocycles. The topological polar surface area (TPSA) is 128 Å². The summed E-state index contributed by atoms with van der Waals surface area (Å²) >= 11 is 6.01. The molecule has 202 valence electrons. The third-order valence-corrected chi connectivity index (χ3v) is 6.95. The zero-order valence-electron chi connectivity index (χ0n) is 22.2. The number of aliphatic hydroxyl groups is 2. The molecule has 1 saturated heterocycles. The Kier molecular flexibility index (Phi) is 9.42. The molecule has 0 spiro atoms. The van der Waals surface area contributed by atoms with Crippen LogP contribution in [0.4, 0.5) is 4.79 Å². The molecule has 0 saturated carbocycles. The second-order valence-corrected chi connectivity index (χ2v) is 11.6. The lowest BCUT2D eigenvalue weighted by Crippen LogP contribution is -2.61. The molecule has 2 rings (SSSR count). The Morgan fingerprint density at radius 3 is 2.25 bits per heavy atom. The van der Waals surface area contributed by atoms with Crippen LogP contribution in [0.5, 0.6) is 0 Å². The predicted octanol–water partition coefficient (Wildman–Crippen LogP) is 2.81. The number of nitrogens with zero attached hydrogens (tertiary/aromatic N) is 1. The maximum absolute atomic E-state index is 13.5. The molecular weight excluding hydrogens is 486 g/mol. The first-order valence-electron chi connectivity index (χ1n) is 12.2. The molecule has 36 heavy (non-hydrogen) atoms. The van der Waals surface area contributed by atoms with Crippen LogP contribution in [0.15, 0.2) is 24.3 Å². The van der Waals surface area contributed by atoms with Gasteiger partial charge in [0.1, 0.15) is 17.7 Å². The van der Waals surface area contributed by atoms with Gasteiger partial charge in [-0.15, -0.1) is 0 Å². The molecule has 1 aliphatic rings. The summed E-state index contributed by atoms with van der Waals surface area (Å²) in [7, 11) is 0. The zero-order valence-corrected chi connectivity index (χ0v) is 23.0. The van der Waals surface area contributed by atoms with Crippen molar-refractivity contribution < 1.29 is 29.3 Å². The number of likely N-dealkylation sites (tertiary alicyclic amines) is 1. The number of rotatable bonds is 8. The van der Waals surface area contributed by atoms with Crippen molar-refractivity contribution >= 4 is 29.5 Å². The lowest BCUT2D eigenvalue weighted by atomic mass is 9.66. The van der Waals surface area contributed by atoms with Crippen molar-refractivity contribution in [2.24, 2.45) is 11.3 Å². The quantitative estimate of drug-likeness (QED) is 0.386. The first-order valence-corrected chi connectivity index (χ1v) is 12.6. The van der Waals surface area contributed by atoms with Gasteiger partial charge in [0.05, 0.1) is 12.1 Å². The number of aliphatic hydroxyl groups excluding tert-OH is 1. The summed E-state index contributed by atoms with van der Waals surface area (Å²) in [4.78, 5) is 39.4. The fourth-order valence-corrected chi connectivity index (χ4v) is 4.49. The molecule has 4 N–H and O–H groups in total. The summed E-state index contributed by atoms with van der Waals surface area (Å²) in [5.41, 5.74) is -2.09. The highest BCUT2D eigenvalue weighted by molar-refractivity contribution is 6.30. The van der Waals surface area contributed by atoms with E-state index >= 15 is 0 Å². The van der Waals surface area contributed by atoms with Gasteiger partial charge >= 0.3 is 12.0 Å². The number of nitrogens with one attached hydrogen (secondary N) is 2. The zero-order chi connectivity index (χ0) is 27.5. The van der Waals surface area contributed by atoms with Gasteiger partial charge in [0.15, 0.2) is 0 Å². The van der Waals surface area contributed by atoms with Crippen molar-refractivity contribution in [3.05, 3.63) is 34.9 Å². The van der Waals surface area contributed by atoms with Gasteiger partial charge < -0.3 is 30.5 Å². The lowest BCUT2D eigenvalue weighted by Gasteiger charge is -2.51. The molecule has 10 heteroatoms. The van der Waals surface area contributed by atoms with Crippen molar-refractivity contribution in [3.63, 3.8) is 0 Å². The van der Waals surface area contributed by atoms with Crippen LogP contribution in [0.3, 0.4) is 0 Å². The number of urea groups is 1. The Balaban J connectivity index is 2.05. The summed E-state index contributed by atoms with van der Waals surface area (Å²) in [6.07, 6.45) is -0.931. The Morgan fingerprint density at radius 1 is 1.17 bits per heavy atom. The SMILES string of the molecule is CC(O)C(=O)OC(C)(C)CNC(=O)NC(C(=O)N1CCC(O)(c2ccc(Cl)cc2)C(C)(C)C1)C(C)C. The van der Waals surface area contributed by atoms with Gasteiger partial charge in [0.2, 0.25) is 5.91 Å². The van der Waals surface area contributed by atoms with Crippen LogP contribution in [-0.2, 0) is 19.9 Å². The number of benzene rings is 1. The van der Waals surface area contributed by atoms with Crippen LogP contribution >= 0.6 is 11.6 Å². The predicted molar refractivity (Wildman–Crippen MR) is 137 cm³/mol. The molecular formula is C26H40ClN3O6. The fourth-order valence-electron chi connectivity index (χ4n) is 4.36. The van der Waals surface area contributed by atoms with Crippen molar-refractivity contribution in [2.45, 2.75) is 78.2 Å². The average Bonchev–Trinajstić information content (AvgIpc) is 2.77. The number of hydrogen-bond acceptors (Lipinski definition) is 6. The van der Waals surface area contributed by atoms with E-state index in [0.717, 1.165) is 5.56 Å². The molecule has 0 bridgehead atoms. The van der Waals surface area contributed by atoms with Gasteiger partial charge in [-0.05, 0) is 50.8 Å². The van der Waals surface area contributed by atoms with E-state index in [1.54, 1.807) is 30.9 Å². The molecule has 1 fully saturated rings. The summed E-state index contributed by atoms with van der Waals surface area (Å²) in [6.45, 7) is 12.7. The third kappa shape index (κ3) is 7.11. The minimum atomic E-state index is -1.27. The summed E-state index contributed by atoms with van der Waals surface area (Å²) < 4.78 is 5.19.